The quantitative estimate of drug-likeness (QED) is 0.810. The Labute approximate surface area is 152 Å². The number of hydrogen-bond donors (Lipinski definition) is 2. The highest BCUT2D eigenvalue weighted by Crippen LogP contribution is 2.60. The summed E-state index contributed by atoms with van der Waals surface area (Å²) >= 11 is 0. The lowest BCUT2D eigenvalue weighted by Gasteiger charge is -2.22. The maximum Gasteiger partial charge on any atom is 0.335 e. The zero-order chi connectivity index (χ0) is 19.1. The Balaban J connectivity index is 1.75. The molecule has 26 heavy (non-hydrogen) atoms. The maximum atomic E-state index is 12.7. The van der Waals surface area contributed by atoms with Gasteiger partial charge in [0.2, 0.25) is 5.91 Å². The van der Waals surface area contributed by atoms with Crippen molar-refractivity contribution in [1.82, 2.24) is 0 Å². The van der Waals surface area contributed by atoms with Crippen LogP contribution in [0.25, 0.3) is 0 Å². The number of carboxylic acids is 1. The summed E-state index contributed by atoms with van der Waals surface area (Å²) in [4.78, 5) is 23.9. The average molecular weight is 381 g/mol. The van der Waals surface area contributed by atoms with Crippen molar-refractivity contribution in [3.05, 3.63) is 23.8 Å². The van der Waals surface area contributed by atoms with E-state index in [1.807, 2.05) is 13.8 Å². The van der Waals surface area contributed by atoms with E-state index in [0.29, 0.717) is 30.7 Å². The van der Waals surface area contributed by atoms with E-state index < -0.39 is 15.8 Å². The van der Waals surface area contributed by atoms with Gasteiger partial charge in [-0.1, -0.05) is 0 Å². The molecule has 1 aromatic carbocycles. The molecule has 1 aliphatic heterocycles. The first-order chi connectivity index (χ1) is 12.1. The fraction of sp³-hybridized carbons (Fsp3) is 0.556. The van der Waals surface area contributed by atoms with Gasteiger partial charge in [0.05, 0.1) is 28.9 Å². The number of carbonyl (C=O) groups excluding carboxylic acids is 1. The van der Waals surface area contributed by atoms with Gasteiger partial charge in [0.1, 0.15) is 15.6 Å². The van der Waals surface area contributed by atoms with Crippen molar-refractivity contribution < 1.29 is 27.9 Å². The number of sulfone groups is 1. The Morgan fingerprint density at radius 1 is 1.27 bits per heavy atom. The van der Waals surface area contributed by atoms with Crippen LogP contribution >= 0.6 is 0 Å². The molecule has 1 heterocycles. The highest BCUT2D eigenvalue weighted by Gasteiger charge is 2.59. The van der Waals surface area contributed by atoms with Crippen LogP contribution in [0.3, 0.4) is 0 Å². The lowest BCUT2D eigenvalue weighted by atomic mass is 9.96. The van der Waals surface area contributed by atoms with Gasteiger partial charge in [-0.05, 0) is 56.7 Å². The molecule has 1 saturated carbocycles. The molecule has 7 nitrogen and oxygen atoms in total. The van der Waals surface area contributed by atoms with Crippen molar-refractivity contribution in [2.75, 3.05) is 16.8 Å². The Morgan fingerprint density at radius 2 is 1.92 bits per heavy atom. The zero-order valence-corrected chi connectivity index (χ0v) is 15.6. The molecule has 8 heteroatoms. The Morgan fingerprint density at radius 3 is 2.50 bits per heavy atom. The summed E-state index contributed by atoms with van der Waals surface area (Å²) in [7, 11) is -2.97. The van der Waals surface area contributed by atoms with E-state index in [-0.39, 0.29) is 40.4 Å². The number of anilines is 1. The molecule has 1 saturated heterocycles. The van der Waals surface area contributed by atoms with Crippen LogP contribution in [-0.4, -0.2) is 43.0 Å². The standard InChI is InChI=1S/C18H23NO6S/c1-11(2)25-15-4-3-12(17(21)22)9-14(15)19-16(20)13-10-18(13)5-7-26(23,24)8-6-18/h3-4,9,11,13H,5-8,10H2,1-2H3,(H,19,20)(H,21,22). The van der Waals surface area contributed by atoms with Crippen molar-refractivity contribution in [2.45, 2.75) is 39.2 Å². The summed E-state index contributed by atoms with van der Waals surface area (Å²) < 4.78 is 28.9. The number of aromatic carboxylic acids is 1. The summed E-state index contributed by atoms with van der Waals surface area (Å²) in [6.07, 6.45) is 1.57. The lowest BCUT2D eigenvalue weighted by molar-refractivity contribution is -0.118. The molecule has 1 unspecified atom stereocenters. The van der Waals surface area contributed by atoms with E-state index in [4.69, 9.17) is 4.74 Å². The second-order valence-electron chi connectivity index (χ2n) is 7.44. The maximum absolute atomic E-state index is 12.7. The monoisotopic (exact) mass is 381 g/mol. The van der Waals surface area contributed by atoms with Crippen molar-refractivity contribution >= 4 is 27.4 Å². The summed E-state index contributed by atoms with van der Waals surface area (Å²) in [5, 5.41) is 12.0. The van der Waals surface area contributed by atoms with Gasteiger partial charge in [0.25, 0.3) is 0 Å². The number of amides is 1. The molecule has 0 bridgehead atoms. The minimum Gasteiger partial charge on any atom is -0.489 e. The number of carboxylic acid groups (broad SMARTS) is 1. The third-order valence-corrected chi connectivity index (χ3v) is 6.83. The average Bonchev–Trinajstić information content (AvgIpc) is 3.26. The van der Waals surface area contributed by atoms with Gasteiger partial charge < -0.3 is 15.2 Å². The van der Waals surface area contributed by atoms with Crippen LogP contribution < -0.4 is 10.1 Å². The molecule has 3 rings (SSSR count). The van der Waals surface area contributed by atoms with Crippen LogP contribution in [-0.2, 0) is 14.6 Å². The van der Waals surface area contributed by atoms with E-state index in [2.05, 4.69) is 5.32 Å². The SMILES string of the molecule is CC(C)Oc1ccc(C(=O)O)cc1NC(=O)C1CC12CCS(=O)(=O)CC2. The minimum absolute atomic E-state index is 0.0608. The summed E-state index contributed by atoms with van der Waals surface area (Å²) in [5.41, 5.74) is 0.165. The van der Waals surface area contributed by atoms with Gasteiger partial charge in [-0.2, -0.15) is 0 Å². The molecule has 1 spiro atoms. The predicted octanol–water partition coefficient (Wildman–Crippen LogP) is 2.33. The second kappa shape index (κ2) is 6.57. The van der Waals surface area contributed by atoms with Gasteiger partial charge in [0.15, 0.2) is 0 Å². The van der Waals surface area contributed by atoms with E-state index in [9.17, 15) is 23.1 Å². The second-order valence-corrected chi connectivity index (χ2v) is 9.75. The van der Waals surface area contributed by atoms with Crippen molar-refractivity contribution in [2.24, 2.45) is 11.3 Å². The number of rotatable bonds is 5. The molecule has 2 aliphatic rings. The molecule has 2 N–H and O–H groups in total. The van der Waals surface area contributed by atoms with Gasteiger partial charge in [-0.15, -0.1) is 0 Å². The molecule has 0 aromatic heterocycles. The van der Waals surface area contributed by atoms with Gasteiger partial charge >= 0.3 is 5.97 Å². The van der Waals surface area contributed by atoms with Crippen LogP contribution in [0.2, 0.25) is 0 Å². The van der Waals surface area contributed by atoms with Crippen LogP contribution in [0, 0.1) is 11.3 Å². The van der Waals surface area contributed by atoms with Crippen LogP contribution in [0.1, 0.15) is 43.5 Å². The van der Waals surface area contributed by atoms with Crippen LogP contribution in [0.4, 0.5) is 5.69 Å². The number of hydrogen-bond acceptors (Lipinski definition) is 5. The smallest absolute Gasteiger partial charge is 0.335 e. The Kier molecular flexibility index (Phi) is 4.72. The van der Waals surface area contributed by atoms with Crippen LogP contribution in [0.5, 0.6) is 5.75 Å². The van der Waals surface area contributed by atoms with E-state index in [1.54, 1.807) is 0 Å². The third-order valence-electron chi connectivity index (χ3n) is 5.18. The topological polar surface area (TPSA) is 110 Å². The predicted molar refractivity (Wildman–Crippen MR) is 96.2 cm³/mol. The molecule has 142 valence electrons. The fourth-order valence-electron chi connectivity index (χ4n) is 3.55. The normalized spacial score (nSPS) is 22.8. The molecular formula is C18H23NO6S. The molecular weight excluding hydrogens is 358 g/mol. The number of ether oxygens (including phenoxy) is 1. The largest absolute Gasteiger partial charge is 0.489 e. The molecule has 0 radical (unpaired) electrons. The summed E-state index contributed by atoms with van der Waals surface area (Å²) in [6.45, 7) is 3.68. The van der Waals surface area contributed by atoms with Crippen LogP contribution in [0.15, 0.2) is 18.2 Å². The summed E-state index contributed by atoms with van der Waals surface area (Å²) in [6, 6.07) is 4.35. The molecule has 1 aromatic rings. The summed E-state index contributed by atoms with van der Waals surface area (Å²) in [5.74, 6) is -0.852. The minimum atomic E-state index is -2.97. The van der Waals surface area contributed by atoms with Crippen molar-refractivity contribution in [3.8, 4) is 5.75 Å². The van der Waals surface area contributed by atoms with E-state index in [1.165, 1.54) is 18.2 Å². The van der Waals surface area contributed by atoms with Crippen molar-refractivity contribution in [3.63, 3.8) is 0 Å². The number of nitrogens with one attached hydrogen (secondary N) is 1. The number of benzene rings is 1. The first-order valence-corrected chi connectivity index (χ1v) is 10.5. The fourth-order valence-corrected chi connectivity index (χ4v) is 5.19. The van der Waals surface area contributed by atoms with E-state index in [0.717, 1.165) is 0 Å². The zero-order valence-electron chi connectivity index (χ0n) is 14.8. The highest BCUT2D eigenvalue weighted by atomic mass is 32.2. The first kappa shape index (κ1) is 18.7. The molecule has 1 atom stereocenters. The Hall–Kier alpha value is -2.09. The molecule has 1 aliphatic carbocycles. The van der Waals surface area contributed by atoms with Gasteiger partial charge in [-0.25, -0.2) is 13.2 Å². The first-order valence-electron chi connectivity index (χ1n) is 8.67. The number of carbonyl (C=O) groups is 2. The highest BCUT2D eigenvalue weighted by molar-refractivity contribution is 7.91. The Bertz CT molecular complexity index is 831. The van der Waals surface area contributed by atoms with Gasteiger partial charge in [-0.3, -0.25) is 4.79 Å². The molecule has 1 amide bonds. The van der Waals surface area contributed by atoms with E-state index >= 15 is 0 Å². The lowest BCUT2D eigenvalue weighted by Crippen LogP contribution is -2.28. The molecule has 2 fully saturated rings. The third kappa shape index (κ3) is 3.85. The van der Waals surface area contributed by atoms with Crippen molar-refractivity contribution in [1.29, 1.82) is 0 Å². The van der Waals surface area contributed by atoms with Gasteiger partial charge in [0, 0.05) is 5.92 Å².